The smallest absolute Gasteiger partial charge is 0.302 e. The molecule has 27 heavy (non-hydrogen) atoms. The van der Waals surface area contributed by atoms with E-state index in [4.69, 9.17) is 34.8 Å². The second kappa shape index (κ2) is 8.87. The molecule has 0 aliphatic heterocycles. The lowest BCUT2D eigenvalue weighted by Crippen LogP contribution is -2.39. The molecule has 2 aromatic rings. The van der Waals surface area contributed by atoms with Gasteiger partial charge in [0.05, 0.1) is 10.6 Å². The summed E-state index contributed by atoms with van der Waals surface area (Å²) < 4.78 is 1.95. The Morgan fingerprint density at radius 2 is 1.89 bits per heavy atom. The Hall–Kier alpha value is -1.89. The molecular weight excluding hydrogens is 411 g/mol. The lowest BCUT2D eigenvalue weighted by Gasteiger charge is -2.15. The van der Waals surface area contributed by atoms with E-state index < -0.39 is 11.9 Å². The quantitative estimate of drug-likeness (QED) is 0.553. The van der Waals surface area contributed by atoms with Crippen molar-refractivity contribution in [1.29, 1.82) is 0 Å². The summed E-state index contributed by atoms with van der Waals surface area (Å²) in [7, 11) is 1.91. The van der Waals surface area contributed by atoms with Crippen molar-refractivity contribution in [3.05, 3.63) is 50.5 Å². The van der Waals surface area contributed by atoms with Crippen LogP contribution in [-0.2, 0) is 13.5 Å². The van der Waals surface area contributed by atoms with E-state index in [1.54, 1.807) is 0 Å². The van der Waals surface area contributed by atoms with Gasteiger partial charge in [-0.05, 0) is 18.1 Å². The highest BCUT2D eigenvalue weighted by molar-refractivity contribution is 6.42. The molecule has 0 fully saturated rings. The number of nitrogens with zero attached hydrogens (tertiary/aromatic N) is 2. The lowest BCUT2D eigenvalue weighted by molar-refractivity contribution is -0.679. The molecule has 9 heteroatoms. The lowest BCUT2D eigenvalue weighted by atomic mass is 10.0. The van der Waals surface area contributed by atoms with E-state index in [9.17, 15) is 9.59 Å². The predicted molar refractivity (Wildman–Crippen MR) is 107 cm³/mol. The van der Waals surface area contributed by atoms with E-state index in [0.29, 0.717) is 5.69 Å². The Bertz CT molecular complexity index is 901. The predicted octanol–water partition coefficient (Wildman–Crippen LogP) is 4.51. The van der Waals surface area contributed by atoms with Crippen molar-refractivity contribution in [3.63, 3.8) is 0 Å². The highest BCUT2D eigenvalue weighted by Crippen LogP contribution is 2.26. The maximum absolute atomic E-state index is 12.4. The number of rotatable bonds is 4. The summed E-state index contributed by atoms with van der Waals surface area (Å²) in [5.74, 6) is -0.561. The highest BCUT2D eigenvalue weighted by Gasteiger charge is 2.24. The van der Waals surface area contributed by atoms with E-state index in [1.807, 2.05) is 44.6 Å². The largest absolute Gasteiger partial charge is 0.326 e. The Labute approximate surface area is 172 Å². The minimum absolute atomic E-state index is 0.0198. The van der Waals surface area contributed by atoms with Crippen molar-refractivity contribution < 1.29 is 14.2 Å². The Morgan fingerprint density at radius 1 is 1.22 bits per heavy atom. The van der Waals surface area contributed by atoms with Gasteiger partial charge in [-0.2, -0.15) is 0 Å². The summed E-state index contributed by atoms with van der Waals surface area (Å²) in [6.45, 7) is 6.06. The van der Waals surface area contributed by atoms with Gasteiger partial charge in [-0.3, -0.25) is 10.1 Å². The number of anilines is 1. The average molecular weight is 431 g/mol. The SMILES string of the molecule is CCc1cc[n+](C)c(C(C)C)c1NC(=O)NC(=O)c1cc(Cl)c(Cl)nc1Cl. The van der Waals surface area contributed by atoms with Crippen LogP contribution in [0.1, 0.15) is 48.3 Å². The topological polar surface area (TPSA) is 75.0 Å². The summed E-state index contributed by atoms with van der Waals surface area (Å²) in [4.78, 5) is 28.6. The molecule has 0 bridgehead atoms. The number of halogens is 3. The molecule has 0 atom stereocenters. The normalized spacial score (nSPS) is 10.8. The van der Waals surface area contributed by atoms with Crippen LogP contribution < -0.4 is 15.2 Å². The number of amides is 3. The third-order valence-corrected chi connectivity index (χ3v) is 4.94. The van der Waals surface area contributed by atoms with Crippen LogP contribution in [0.2, 0.25) is 15.3 Å². The van der Waals surface area contributed by atoms with E-state index in [1.165, 1.54) is 6.07 Å². The fourth-order valence-corrected chi connectivity index (χ4v) is 3.32. The van der Waals surface area contributed by atoms with Gasteiger partial charge in [-0.15, -0.1) is 0 Å². The first kappa shape index (κ1) is 21.4. The number of aryl methyl sites for hydroxylation is 2. The molecule has 0 unspecified atom stereocenters. The zero-order valence-corrected chi connectivity index (χ0v) is 17.6. The molecule has 6 nitrogen and oxygen atoms in total. The minimum atomic E-state index is -0.729. The molecule has 0 spiro atoms. The fraction of sp³-hybridized carbons (Fsp3) is 0.333. The van der Waals surface area contributed by atoms with Crippen molar-refractivity contribution >= 4 is 52.4 Å². The zero-order valence-electron chi connectivity index (χ0n) is 15.4. The number of aromatic nitrogens is 2. The van der Waals surface area contributed by atoms with Crippen molar-refractivity contribution in [1.82, 2.24) is 10.3 Å². The summed E-state index contributed by atoms with van der Waals surface area (Å²) in [5, 5.41) is 4.93. The molecule has 2 aromatic heterocycles. The first-order valence-electron chi connectivity index (χ1n) is 8.30. The summed E-state index contributed by atoms with van der Waals surface area (Å²) >= 11 is 17.6. The van der Waals surface area contributed by atoms with Gasteiger partial charge in [-0.25, -0.2) is 14.3 Å². The molecule has 0 aromatic carbocycles. The van der Waals surface area contributed by atoms with Crippen molar-refractivity contribution in [2.75, 3.05) is 5.32 Å². The van der Waals surface area contributed by atoms with E-state index >= 15 is 0 Å². The molecule has 0 saturated heterocycles. The number of imide groups is 1. The van der Waals surface area contributed by atoms with Gasteiger partial charge in [0.15, 0.2) is 6.20 Å². The second-order valence-corrected chi connectivity index (χ2v) is 7.35. The minimum Gasteiger partial charge on any atom is -0.302 e. The summed E-state index contributed by atoms with van der Waals surface area (Å²) in [5.41, 5.74) is 2.56. The van der Waals surface area contributed by atoms with Crippen molar-refractivity contribution in [2.24, 2.45) is 7.05 Å². The van der Waals surface area contributed by atoms with Crippen molar-refractivity contribution in [2.45, 2.75) is 33.1 Å². The second-order valence-electron chi connectivity index (χ2n) is 6.23. The van der Waals surface area contributed by atoms with E-state index in [0.717, 1.165) is 17.7 Å². The third kappa shape index (κ3) is 4.89. The van der Waals surface area contributed by atoms with Gasteiger partial charge in [0.25, 0.3) is 5.91 Å². The first-order valence-corrected chi connectivity index (χ1v) is 9.44. The molecule has 2 N–H and O–H groups in total. The number of carbonyl (C=O) groups is 2. The molecule has 2 rings (SSSR count). The van der Waals surface area contributed by atoms with Crippen LogP contribution in [0.4, 0.5) is 10.5 Å². The molecule has 3 amide bonds. The molecule has 144 valence electrons. The Kier molecular flexibility index (Phi) is 7.03. The van der Waals surface area contributed by atoms with Gasteiger partial charge >= 0.3 is 6.03 Å². The van der Waals surface area contributed by atoms with E-state index in [2.05, 4.69) is 15.6 Å². The number of urea groups is 1. The number of hydrogen-bond donors (Lipinski definition) is 2. The average Bonchev–Trinajstić information content (AvgIpc) is 2.57. The summed E-state index contributed by atoms with van der Waals surface area (Å²) in [6.07, 6.45) is 2.68. The highest BCUT2D eigenvalue weighted by atomic mass is 35.5. The third-order valence-electron chi connectivity index (χ3n) is 3.98. The Balaban J connectivity index is 2.27. The monoisotopic (exact) mass is 429 g/mol. The van der Waals surface area contributed by atoms with Gasteiger partial charge in [-0.1, -0.05) is 55.6 Å². The number of nitrogens with one attached hydrogen (secondary N) is 2. The van der Waals surface area contributed by atoms with Crippen LogP contribution in [0.15, 0.2) is 18.3 Å². The number of pyridine rings is 2. The first-order chi connectivity index (χ1) is 12.6. The number of carbonyl (C=O) groups excluding carboxylic acids is 2. The van der Waals surface area contributed by atoms with Crippen LogP contribution in [-0.4, -0.2) is 16.9 Å². The molecule has 0 saturated carbocycles. The number of hydrogen-bond acceptors (Lipinski definition) is 3. The van der Waals surface area contributed by atoms with Crippen LogP contribution >= 0.6 is 34.8 Å². The molecule has 2 heterocycles. The molecule has 0 aliphatic rings. The van der Waals surface area contributed by atoms with Crippen molar-refractivity contribution in [3.8, 4) is 0 Å². The summed E-state index contributed by atoms with van der Waals surface area (Å²) in [6, 6.07) is 2.52. The molecule has 0 radical (unpaired) electrons. The maximum Gasteiger partial charge on any atom is 0.326 e. The molecule has 0 aliphatic carbocycles. The molecular formula is C18H20Cl3N4O2+. The van der Waals surface area contributed by atoms with Gasteiger partial charge in [0, 0.05) is 12.0 Å². The van der Waals surface area contributed by atoms with Gasteiger partial charge < -0.3 is 5.32 Å². The fourth-order valence-electron chi connectivity index (χ4n) is 2.76. The van der Waals surface area contributed by atoms with Crippen LogP contribution in [0.5, 0.6) is 0 Å². The van der Waals surface area contributed by atoms with E-state index in [-0.39, 0.29) is 26.8 Å². The van der Waals surface area contributed by atoms with Gasteiger partial charge in [0.2, 0.25) is 5.69 Å². The van der Waals surface area contributed by atoms with Crippen LogP contribution in [0, 0.1) is 0 Å². The van der Waals surface area contributed by atoms with Crippen LogP contribution in [0.25, 0.3) is 0 Å². The van der Waals surface area contributed by atoms with Gasteiger partial charge in [0.1, 0.15) is 23.0 Å². The zero-order chi connectivity index (χ0) is 20.3. The van der Waals surface area contributed by atoms with Crippen LogP contribution in [0.3, 0.4) is 0 Å². The Morgan fingerprint density at radius 3 is 2.48 bits per heavy atom. The maximum atomic E-state index is 12.4. The standard InChI is InChI=1S/C18H19Cl3N4O2/c1-5-10-6-7-25(4)14(9(2)3)13(10)22-18(27)24-17(26)11-8-12(19)16(21)23-15(11)20/h6-9H,5H2,1-4H3,(H-,22,24,26,27)/p+1.